The number of aliphatic hydroxyl groups excluding tert-OH is 1. The monoisotopic (exact) mass is 509 g/mol. The summed E-state index contributed by atoms with van der Waals surface area (Å²) in [4.78, 5) is 14.6. The summed E-state index contributed by atoms with van der Waals surface area (Å²) in [6.45, 7) is 3.29. The van der Waals surface area contributed by atoms with E-state index in [4.69, 9.17) is 5.11 Å². The molecule has 1 saturated heterocycles. The molecule has 3 aromatic rings. The van der Waals surface area contributed by atoms with E-state index in [1.54, 1.807) is 0 Å². The van der Waals surface area contributed by atoms with E-state index >= 15 is 0 Å². The van der Waals surface area contributed by atoms with E-state index in [0.717, 1.165) is 30.8 Å². The maximum absolute atomic E-state index is 11.0. The lowest BCUT2D eigenvalue weighted by atomic mass is 10.2. The molecule has 1 atom stereocenters. The van der Waals surface area contributed by atoms with Gasteiger partial charge in [-0.15, -0.1) is 0 Å². The molecule has 1 amide bonds. The fraction of sp³-hybridized carbons (Fsp3) is 0.350. The molecule has 1 aliphatic rings. The topological polar surface area (TPSA) is 68.9 Å². The molecular formula is C20H21Br2N3O3. The Hall–Kier alpha value is -1.61. The Morgan fingerprint density at radius 1 is 0.929 bits per heavy atom. The van der Waals surface area contributed by atoms with Crippen LogP contribution in [0.25, 0.3) is 21.8 Å². The summed E-state index contributed by atoms with van der Waals surface area (Å²) in [6.07, 6.45) is -1.41. The molecule has 2 aromatic carbocycles. The SMILES string of the molecule is O=C(O)N1CCN(C[C@H](O)Cn2c3ccc(Br)cc3c3cc(Br)ccc32)CC1. The van der Waals surface area contributed by atoms with Gasteiger partial charge >= 0.3 is 6.09 Å². The largest absolute Gasteiger partial charge is 0.465 e. The summed E-state index contributed by atoms with van der Waals surface area (Å²) in [5.41, 5.74) is 2.18. The Bertz CT molecular complexity index is 969. The Morgan fingerprint density at radius 3 is 1.96 bits per heavy atom. The van der Waals surface area contributed by atoms with Gasteiger partial charge in [0.1, 0.15) is 0 Å². The molecule has 1 aliphatic heterocycles. The lowest BCUT2D eigenvalue weighted by Gasteiger charge is -2.34. The molecule has 0 saturated carbocycles. The molecule has 2 heterocycles. The van der Waals surface area contributed by atoms with Crippen molar-refractivity contribution in [3.63, 3.8) is 0 Å². The number of benzene rings is 2. The maximum atomic E-state index is 11.0. The molecule has 8 heteroatoms. The number of hydrogen-bond acceptors (Lipinski definition) is 3. The number of hydrogen-bond donors (Lipinski definition) is 2. The number of piperazine rings is 1. The van der Waals surface area contributed by atoms with Crippen molar-refractivity contribution in [2.24, 2.45) is 0 Å². The fourth-order valence-corrected chi connectivity index (χ4v) is 4.66. The lowest BCUT2D eigenvalue weighted by molar-refractivity contribution is 0.0639. The van der Waals surface area contributed by atoms with Gasteiger partial charge in [0.05, 0.1) is 12.6 Å². The van der Waals surface area contributed by atoms with Crippen LogP contribution in [0.5, 0.6) is 0 Å². The molecule has 0 spiro atoms. The van der Waals surface area contributed by atoms with Crippen molar-refractivity contribution in [2.75, 3.05) is 32.7 Å². The minimum atomic E-state index is -0.872. The lowest BCUT2D eigenvalue weighted by Crippen LogP contribution is -2.50. The first-order valence-electron chi connectivity index (χ1n) is 9.17. The van der Waals surface area contributed by atoms with Gasteiger partial charge in [-0.2, -0.15) is 0 Å². The summed E-state index contributed by atoms with van der Waals surface area (Å²) in [5.74, 6) is 0. The molecule has 0 unspecified atom stereocenters. The van der Waals surface area contributed by atoms with Gasteiger partial charge in [-0.3, -0.25) is 4.90 Å². The van der Waals surface area contributed by atoms with Gasteiger partial charge in [0.25, 0.3) is 0 Å². The van der Waals surface area contributed by atoms with E-state index in [1.807, 2.05) is 12.1 Å². The highest BCUT2D eigenvalue weighted by atomic mass is 79.9. The molecule has 148 valence electrons. The van der Waals surface area contributed by atoms with Crippen LogP contribution < -0.4 is 0 Å². The Morgan fingerprint density at radius 2 is 1.46 bits per heavy atom. The van der Waals surface area contributed by atoms with Crippen LogP contribution in [-0.2, 0) is 6.54 Å². The zero-order chi connectivity index (χ0) is 19.8. The highest BCUT2D eigenvalue weighted by molar-refractivity contribution is 9.10. The van der Waals surface area contributed by atoms with Crippen LogP contribution in [0.4, 0.5) is 4.79 Å². The average Bonchev–Trinajstić information content (AvgIpc) is 2.94. The second-order valence-electron chi connectivity index (χ2n) is 7.16. The number of rotatable bonds is 4. The average molecular weight is 511 g/mol. The fourth-order valence-electron chi connectivity index (χ4n) is 3.93. The van der Waals surface area contributed by atoms with E-state index in [9.17, 15) is 9.90 Å². The molecule has 6 nitrogen and oxygen atoms in total. The van der Waals surface area contributed by atoms with Crippen molar-refractivity contribution < 1.29 is 15.0 Å². The van der Waals surface area contributed by atoms with E-state index in [1.165, 1.54) is 4.90 Å². The second-order valence-corrected chi connectivity index (χ2v) is 8.99. The normalized spacial score (nSPS) is 16.8. The summed E-state index contributed by atoms with van der Waals surface area (Å²) < 4.78 is 4.22. The number of carbonyl (C=O) groups is 1. The van der Waals surface area contributed by atoms with Gasteiger partial charge < -0.3 is 19.7 Å². The van der Waals surface area contributed by atoms with Crippen molar-refractivity contribution in [3.05, 3.63) is 45.3 Å². The molecule has 28 heavy (non-hydrogen) atoms. The minimum Gasteiger partial charge on any atom is -0.465 e. The first-order chi connectivity index (χ1) is 13.4. The standard InChI is InChI=1S/C20H21Br2N3O3/c21-13-1-3-18-16(9-13)17-10-14(22)2-4-19(17)25(18)12-15(26)11-23-5-7-24(8-6-23)20(27)28/h1-4,9-10,15,26H,5-8,11-12H2,(H,27,28)/t15-/m0/s1. The number of nitrogens with zero attached hydrogens (tertiary/aromatic N) is 3. The zero-order valence-corrected chi connectivity index (χ0v) is 18.4. The van der Waals surface area contributed by atoms with Crippen LogP contribution >= 0.6 is 31.9 Å². The van der Waals surface area contributed by atoms with Gasteiger partial charge in [0.2, 0.25) is 0 Å². The van der Waals surface area contributed by atoms with Gasteiger partial charge in [-0.1, -0.05) is 31.9 Å². The van der Waals surface area contributed by atoms with Crippen molar-refractivity contribution >= 4 is 59.8 Å². The predicted octanol–water partition coefficient (Wildman–Crippen LogP) is 3.98. The van der Waals surface area contributed by atoms with E-state index in [-0.39, 0.29) is 0 Å². The third-order valence-corrected chi connectivity index (χ3v) is 6.28. The van der Waals surface area contributed by atoms with Crippen molar-refractivity contribution in [1.82, 2.24) is 14.4 Å². The van der Waals surface area contributed by atoms with Gasteiger partial charge in [0.15, 0.2) is 0 Å². The van der Waals surface area contributed by atoms with Crippen molar-refractivity contribution in [3.8, 4) is 0 Å². The summed E-state index contributed by atoms with van der Waals surface area (Å²) in [6, 6.07) is 12.4. The first kappa shape index (κ1) is 19.7. The van der Waals surface area contributed by atoms with Gasteiger partial charge in [-0.25, -0.2) is 4.79 Å². The van der Waals surface area contributed by atoms with Crippen LogP contribution in [0.1, 0.15) is 0 Å². The third kappa shape index (κ3) is 3.91. The molecule has 1 fully saturated rings. The highest BCUT2D eigenvalue weighted by Gasteiger charge is 2.23. The number of β-amino-alcohol motifs (C(OH)–C–C–N with tert-alkyl or cyclic N) is 1. The Labute approximate surface area is 179 Å². The summed E-state index contributed by atoms with van der Waals surface area (Å²) in [5, 5.41) is 22.1. The van der Waals surface area contributed by atoms with E-state index in [2.05, 4.69) is 65.6 Å². The quantitative estimate of drug-likeness (QED) is 0.557. The zero-order valence-electron chi connectivity index (χ0n) is 15.2. The highest BCUT2D eigenvalue weighted by Crippen LogP contribution is 2.33. The molecule has 0 radical (unpaired) electrons. The number of aliphatic hydroxyl groups is 1. The minimum absolute atomic E-state index is 0.486. The number of halogens is 2. The number of aromatic nitrogens is 1. The third-order valence-electron chi connectivity index (χ3n) is 5.29. The molecule has 0 aliphatic carbocycles. The van der Waals surface area contributed by atoms with E-state index in [0.29, 0.717) is 39.3 Å². The Balaban J connectivity index is 1.56. The molecule has 4 rings (SSSR count). The molecule has 2 N–H and O–H groups in total. The number of fused-ring (bicyclic) bond motifs is 3. The van der Waals surface area contributed by atoms with Crippen LogP contribution in [0.15, 0.2) is 45.3 Å². The molecule has 0 bridgehead atoms. The Kier molecular flexibility index (Phi) is 5.64. The van der Waals surface area contributed by atoms with Crippen LogP contribution in [-0.4, -0.2) is 69.5 Å². The predicted molar refractivity (Wildman–Crippen MR) is 117 cm³/mol. The van der Waals surface area contributed by atoms with E-state index < -0.39 is 12.2 Å². The maximum Gasteiger partial charge on any atom is 0.407 e. The molecule has 1 aromatic heterocycles. The van der Waals surface area contributed by atoms with Gasteiger partial charge in [-0.05, 0) is 36.4 Å². The second kappa shape index (κ2) is 8.02. The molecular weight excluding hydrogens is 490 g/mol. The van der Waals surface area contributed by atoms with Gasteiger partial charge in [0, 0.05) is 63.5 Å². The number of carboxylic acid groups (broad SMARTS) is 1. The smallest absolute Gasteiger partial charge is 0.407 e. The van der Waals surface area contributed by atoms with Crippen LogP contribution in [0.2, 0.25) is 0 Å². The summed E-state index contributed by atoms with van der Waals surface area (Å²) in [7, 11) is 0. The summed E-state index contributed by atoms with van der Waals surface area (Å²) >= 11 is 7.11. The number of amides is 1. The van der Waals surface area contributed by atoms with Crippen LogP contribution in [0, 0.1) is 0 Å². The van der Waals surface area contributed by atoms with Crippen molar-refractivity contribution in [2.45, 2.75) is 12.6 Å². The van der Waals surface area contributed by atoms with Crippen LogP contribution in [0.3, 0.4) is 0 Å². The van der Waals surface area contributed by atoms with Crippen molar-refractivity contribution in [1.29, 1.82) is 0 Å². The first-order valence-corrected chi connectivity index (χ1v) is 10.8.